The first-order valence-electron chi connectivity index (χ1n) is 9.22. The first kappa shape index (κ1) is 17.3. The summed E-state index contributed by atoms with van der Waals surface area (Å²) in [5.74, 6) is 2.11. The van der Waals surface area contributed by atoms with Crippen molar-refractivity contribution in [3.63, 3.8) is 0 Å². The standard InChI is InChI=1S/C20H30N2O2/c1-14(2)10-12-22-13-11-16-15-6-5-7-19(24-20(23)21(3)4)17(15)8-9-18(16)22/h5-7,14,16,18H,8-13H2,1-4H3/t16-,18+/m0/s1. The van der Waals surface area contributed by atoms with E-state index < -0.39 is 0 Å². The fourth-order valence-corrected chi connectivity index (χ4v) is 4.14. The summed E-state index contributed by atoms with van der Waals surface area (Å²) in [6.07, 6.45) is 4.38. The van der Waals surface area contributed by atoms with E-state index in [1.165, 1.54) is 48.4 Å². The van der Waals surface area contributed by atoms with Gasteiger partial charge in [-0.1, -0.05) is 26.0 Å². The van der Waals surface area contributed by atoms with Crippen LogP contribution < -0.4 is 4.74 Å². The van der Waals surface area contributed by atoms with Crippen molar-refractivity contribution < 1.29 is 9.53 Å². The Morgan fingerprint density at radius 3 is 2.83 bits per heavy atom. The van der Waals surface area contributed by atoms with Crippen LogP contribution in [0.25, 0.3) is 0 Å². The van der Waals surface area contributed by atoms with E-state index in [-0.39, 0.29) is 6.09 Å². The maximum absolute atomic E-state index is 11.9. The molecule has 1 aromatic carbocycles. The van der Waals surface area contributed by atoms with Gasteiger partial charge in [0.25, 0.3) is 0 Å². The second-order valence-electron chi connectivity index (χ2n) is 7.81. The Morgan fingerprint density at radius 1 is 1.33 bits per heavy atom. The van der Waals surface area contributed by atoms with E-state index in [0.29, 0.717) is 12.0 Å². The highest BCUT2D eigenvalue weighted by Crippen LogP contribution is 2.44. The van der Waals surface area contributed by atoms with Gasteiger partial charge in [0.1, 0.15) is 5.75 Å². The molecule has 132 valence electrons. The molecule has 1 aliphatic heterocycles. The van der Waals surface area contributed by atoms with Crippen LogP contribution in [0.4, 0.5) is 4.79 Å². The zero-order valence-electron chi connectivity index (χ0n) is 15.4. The van der Waals surface area contributed by atoms with E-state index in [2.05, 4.69) is 24.8 Å². The van der Waals surface area contributed by atoms with Crippen molar-refractivity contribution in [2.45, 2.75) is 51.5 Å². The third kappa shape index (κ3) is 3.44. The van der Waals surface area contributed by atoms with Crippen LogP contribution in [-0.4, -0.2) is 49.1 Å². The van der Waals surface area contributed by atoms with Crippen LogP contribution >= 0.6 is 0 Å². The Hall–Kier alpha value is -1.55. The Labute approximate surface area is 145 Å². The van der Waals surface area contributed by atoms with Crippen molar-refractivity contribution in [1.29, 1.82) is 0 Å². The summed E-state index contributed by atoms with van der Waals surface area (Å²) in [5, 5.41) is 0. The van der Waals surface area contributed by atoms with Crippen molar-refractivity contribution >= 4 is 6.09 Å². The summed E-state index contributed by atoms with van der Waals surface area (Å²) < 4.78 is 5.60. The number of likely N-dealkylation sites (tertiary alicyclic amines) is 1. The van der Waals surface area contributed by atoms with Gasteiger partial charge in [0.2, 0.25) is 0 Å². The fraction of sp³-hybridized carbons (Fsp3) is 0.650. The minimum atomic E-state index is -0.296. The van der Waals surface area contributed by atoms with Gasteiger partial charge in [-0.2, -0.15) is 0 Å². The van der Waals surface area contributed by atoms with Gasteiger partial charge in [0, 0.05) is 26.1 Å². The summed E-state index contributed by atoms with van der Waals surface area (Å²) in [6.45, 7) is 7.01. The lowest BCUT2D eigenvalue weighted by Gasteiger charge is -2.34. The van der Waals surface area contributed by atoms with Crippen molar-refractivity contribution in [2.75, 3.05) is 27.2 Å². The second-order valence-corrected chi connectivity index (χ2v) is 7.81. The summed E-state index contributed by atoms with van der Waals surface area (Å²) in [7, 11) is 3.44. The minimum Gasteiger partial charge on any atom is -0.410 e. The van der Waals surface area contributed by atoms with Crippen LogP contribution in [0.3, 0.4) is 0 Å². The normalized spacial score (nSPS) is 23.0. The molecule has 1 aliphatic carbocycles. The number of ether oxygens (including phenoxy) is 1. The average molecular weight is 330 g/mol. The van der Waals surface area contributed by atoms with E-state index in [1.54, 1.807) is 14.1 Å². The smallest absolute Gasteiger partial charge is 0.410 e. The Balaban J connectivity index is 1.77. The monoisotopic (exact) mass is 330 g/mol. The number of carbonyl (C=O) groups is 1. The van der Waals surface area contributed by atoms with Gasteiger partial charge in [-0.05, 0) is 61.9 Å². The summed E-state index contributed by atoms with van der Waals surface area (Å²) >= 11 is 0. The molecule has 0 saturated carbocycles. The maximum atomic E-state index is 11.9. The van der Waals surface area contributed by atoms with Crippen molar-refractivity contribution in [2.24, 2.45) is 5.92 Å². The van der Waals surface area contributed by atoms with Gasteiger partial charge in [0.05, 0.1) is 0 Å². The molecule has 0 bridgehead atoms. The van der Waals surface area contributed by atoms with Crippen molar-refractivity contribution in [1.82, 2.24) is 9.80 Å². The topological polar surface area (TPSA) is 32.8 Å². The maximum Gasteiger partial charge on any atom is 0.414 e. The van der Waals surface area contributed by atoms with Crippen LogP contribution in [0.15, 0.2) is 18.2 Å². The molecule has 0 spiro atoms. The van der Waals surface area contributed by atoms with E-state index in [1.807, 2.05) is 12.1 Å². The van der Waals surface area contributed by atoms with Gasteiger partial charge < -0.3 is 9.64 Å². The van der Waals surface area contributed by atoms with E-state index in [0.717, 1.165) is 18.1 Å². The summed E-state index contributed by atoms with van der Waals surface area (Å²) in [4.78, 5) is 16.1. The summed E-state index contributed by atoms with van der Waals surface area (Å²) in [6, 6.07) is 6.88. The zero-order chi connectivity index (χ0) is 17.3. The predicted molar refractivity (Wildman–Crippen MR) is 96.6 cm³/mol. The van der Waals surface area contributed by atoms with E-state index in [9.17, 15) is 4.79 Å². The number of hydrogen-bond donors (Lipinski definition) is 0. The number of benzene rings is 1. The zero-order valence-corrected chi connectivity index (χ0v) is 15.4. The molecule has 3 rings (SSSR count). The van der Waals surface area contributed by atoms with Gasteiger partial charge in [-0.3, -0.25) is 4.90 Å². The number of hydrogen-bond acceptors (Lipinski definition) is 3. The molecule has 2 atom stereocenters. The third-order valence-corrected chi connectivity index (χ3v) is 5.48. The number of nitrogens with zero attached hydrogens (tertiary/aromatic N) is 2. The highest BCUT2D eigenvalue weighted by molar-refractivity contribution is 5.70. The largest absolute Gasteiger partial charge is 0.414 e. The molecule has 2 aliphatic rings. The highest BCUT2D eigenvalue weighted by atomic mass is 16.6. The fourth-order valence-electron chi connectivity index (χ4n) is 4.14. The van der Waals surface area contributed by atoms with Gasteiger partial charge in [0.15, 0.2) is 0 Å². The Bertz CT molecular complexity index is 597. The van der Waals surface area contributed by atoms with Crippen molar-refractivity contribution in [3.05, 3.63) is 29.3 Å². The van der Waals surface area contributed by atoms with Crippen molar-refractivity contribution in [3.8, 4) is 5.75 Å². The molecule has 0 unspecified atom stereocenters. The Morgan fingerprint density at radius 2 is 2.12 bits per heavy atom. The van der Waals surface area contributed by atoms with Crippen LogP contribution in [0.1, 0.15) is 50.2 Å². The third-order valence-electron chi connectivity index (χ3n) is 5.48. The predicted octanol–water partition coefficient (Wildman–Crippen LogP) is 3.90. The molecule has 1 aromatic rings. The number of fused-ring (bicyclic) bond motifs is 3. The number of rotatable bonds is 4. The first-order valence-corrected chi connectivity index (χ1v) is 9.22. The number of carbonyl (C=O) groups excluding carboxylic acids is 1. The minimum absolute atomic E-state index is 0.296. The molecule has 0 N–H and O–H groups in total. The molecule has 0 aromatic heterocycles. The lowest BCUT2D eigenvalue weighted by Crippen LogP contribution is -2.36. The van der Waals surface area contributed by atoms with Crippen LogP contribution in [0.5, 0.6) is 5.75 Å². The molecule has 1 heterocycles. The van der Waals surface area contributed by atoms with Crippen LogP contribution in [0, 0.1) is 5.92 Å². The van der Waals surface area contributed by atoms with E-state index in [4.69, 9.17) is 4.74 Å². The molecule has 24 heavy (non-hydrogen) atoms. The molecule has 4 heteroatoms. The molecular formula is C20H30N2O2. The molecule has 1 amide bonds. The highest BCUT2D eigenvalue weighted by Gasteiger charge is 2.39. The van der Waals surface area contributed by atoms with Gasteiger partial charge >= 0.3 is 6.09 Å². The van der Waals surface area contributed by atoms with Gasteiger partial charge in [-0.15, -0.1) is 0 Å². The quantitative estimate of drug-likeness (QED) is 0.839. The second kappa shape index (κ2) is 7.14. The molecule has 1 saturated heterocycles. The van der Waals surface area contributed by atoms with E-state index >= 15 is 0 Å². The molecule has 1 fully saturated rings. The lowest BCUT2D eigenvalue weighted by atomic mass is 9.79. The Kier molecular flexibility index (Phi) is 5.14. The molecular weight excluding hydrogens is 300 g/mol. The van der Waals surface area contributed by atoms with Gasteiger partial charge in [-0.25, -0.2) is 4.79 Å². The number of amides is 1. The molecule has 0 radical (unpaired) electrons. The van der Waals surface area contributed by atoms with Crippen LogP contribution in [-0.2, 0) is 6.42 Å². The van der Waals surface area contributed by atoms with Crippen LogP contribution in [0.2, 0.25) is 0 Å². The summed E-state index contributed by atoms with van der Waals surface area (Å²) in [5.41, 5.74) is 2.65. The lowest BCUT2D eigenvalue weighted by molar-refractivity contribution is 0.170. The first-order chi connectivity index (χ1) is 11.5. The molecule has 4 nitrogen and oxygen atoms in total. The average Bonchev–Trinajstić information content (AvgIpc) is 2.96. The SMILES string of the molecule is CC(C)CCN1CC[C@H]2c3cccc(OC(=O)N(C)C)c3CC[C@H]21.